The van der Waals surface area contributed by atoms with E-state index in [1.165, 1.54) is 5.69 Å². The van der Waals surface area contributed by atoms with Crippen molar-refractivity contribution in [3.05, 3.63) is 16.4 Å². The summed E-state index contributed by atoms with van der Waals surface area (Å²) < 4.78 is 3.01. The van der Waals surface area contributed by atoms with E-state index >= 15 is 0 Å². The van der Waals surface area contributed by atoms with Gasteiger partial charge in [-0.2, -0.15) is 5.10 Å². The molecule has 0 saturated heterocycles. The smallest absolute Gasteiger partial charge is 0.0635 e. The van der Waals surface area contributed by atoms with Crippen LogP contribution >= 0.6 is 27.5 Å². The first-order chi connectivity index (χ1) is 5.29. The lowest BCUT2D eigenvalue weighted by Crippen LogP contribution is -2.03. The van der Waals surface area contributed by atoms with E-state index in [9.17, 15) is 0 Å². The Hall–Kier alpha value is -0.0200. The lowest BCUT2D eigenvalue weighted by atomic mass is 10.3. The largest absolute Gasteiger partial charge is 0.269 e. The molecule has 0 N–H and O–H groups in total. The zero-order chi connectivity index (χ0) is 8.27. The first-order valence-electron chi connectivity index (χ1n) is 3.55. The summed E-state index contributed by atoms with van der Waals surface area (Å²) >= 11 is 9.05. The minimum absolute atomic E-state index is 0.643. The van der Waals surface area contributed by atoms with Gasteiger partial charge >= 0.3 is 0 Å². The fourth-order valence-corrected chi connectivity index (χ4v) is 1.67. The van der Waals surface area contributed by atoms with Crippen molar-refractivity contribution in [1.82, 2.24) is 9.78 Å². The Morgan fingerprint density at radius 2 is 2.45 bits per heavy atom. The summed E-state index contributed by atoms with van der Waals surface area (Å²) in [7, 11) is 0. The predicted molar refractivity (Wildman–Crippen MR) is 50.0 cm³/mol. The van der Waals surface area contributed by atoms with Crippen LogP contribution in [-0.2, 0) is 13.0 Å². The van der Waals surface area contributed by atoms with Gasteiger partial charge in [0.2, 0.25) is 0 Å². The van der Waals surface area contributed by atoms with E-state index in [1.54, 1.807) is 0 Å². The van der Waals surface area contributed by atoms with Crippen molar-refractivity contribution in [2.24, 2.45) is 0 Å². The molecule has 0 aliphatic carbocycles. The van der Waals surface area contributed by atoms with Crippen LogP contribution in [0.1, 0.15) is 12.6 Å². The summed E-state index contributed by atoms with van der Waals surface area (Å²) in [6, 6.07) is 0. The number of aromatic nitrogens is 2. The maximum Gasteiger partial charge on any atom is 0.0635 e. The highest BCUT2D eigenvalue weighted by molar-refractivity contribution is 9.10. The average Bonchev–Trinajstić information content (AvgIpc) is 2.34. The Morgan fingerprint density at radius 3 is 3.00 bits per heavy atom. The first-order valence-corrected chi connectivity index (χ1v) is 4.88. The molecule has 0 amide bonds. The van der Waals surface area contributed by atoms with Gasteiger partial charge in [0.05, 0.1) is 16.4 Å². The fourth-order valence-electron chi connectivity index (χ4n) is 0.998. The maximum absolute atomic E-state index is 5.63. The molecule has 0 unspecified atom stereocenters. The van der Waals surface area contributed by atoms with Gasteiger partial charge in [-0.25, -0.2) is 0 Å². The molecular weight excluding hydrogens is 227 g/mol. The van der Waals surface area contributed by atoms with Crippen LogP contribution in [-0.4, -0.2) is 15.7 Å². The highest BCUT2D eigenvalue weighted by atomic mass is 79.9. The van der Waals surface area contributed by atoms with Gasteiger partial charge in [0.25, 0.3) is 0 Å². The molecule has 0 bridgehead atoms. The highest BCUT2D eigenvalue weighted by Crippen LogP contribution is 2.16. The van der Waals surface area contributed by atoms with Gasteiger partial charge < -0.3 is 0 Å². The molecule has 0 atom stereocenters. The normalized spacial score (nSPS) is 10.5. The Labute approximate surface area is 79.7 Å². The van der Waals surface area contributed by atoms with E-state index in [4.69, 9.17) is 11.6 Å². The van der Waals surface area contributed by atoms with Crippen LogP contribution in [0.25, 0.3) is 0 Å². The summed E-state index contributed by atoms with van der Waals surface area (Å²) in [4.78, 5) is 0. The van der Waals surface area contributed by atoms with E-state index < -0.39 is 0 Å². The summed E-state index contributed by atoms with van der Waals surface area (Å²) in [6.45, 7) is 2.97. The zero-order valence-corrected chi connectivity index (χ0v) is 8.69. The van der Waals surface area contributed by atoms with Gasteiger partial charge in [-0.3, -0.25) is 4.68 Å². The Bertz CT molecular complexity index is 234. The molecule has 0 aromatic carbocycles. The third kappa shape index (κ3) is 1.97. The Morgan fingerprint density at radius 1 is 1.73 bits per heavy atom. The molecule has 0 radical (unpaired) electrons. The van der Waals surface area contributed by atoms with E-state index in [0.29, 0.717) is 5.88 Å². The fraction of sp³-hybridized carbons (Fsp3) is 0.571. The van der Waals surface area contributed by atoms with Crippen LogP contribution in [0.3, 0.4) is 0 Å². The Balaban J connectivity index is 2.88. The summed E-state index contributed by atoms with van der Waals surface area (Å²) in [6.07, 6.45) is 2.68. The third-order valence-corrected chi connectivity index (χ3v) is 2.38. The lowest BCUT2D eigenvalue weighted by Gasteiger charge is -2.01. The van der Waals surface area contributed by atoms with E-state index in [-0.39, 0.29) is 0 Å². The Kier molecular flexibility index (Phi) is 3.40. The topological polar surface area (TPSA) is 17.8 Å². The van der Waals surface area contributed by atoms with Gasteiger partial charge in [-0.05, 0) is 22.9 Å². The van der Waals surface area contributed by atoms with E-state index in [0.717, 1.165) is 17.4 Å². The van der Waals surface area contributed by atoms with Crippen molar-refractivity contribution in [2.45, 2.75) is 19.9 Å². The maximum atomic E-state index is 5.63. The zero-order valence-electron chi connectivity index (χ0n) is 6.35. The second kappa shape index (κ2) is 4.12. The minimum atomic E-state index is 0.643. The minimum Gasteiger partial charge on any atom is -0.269 e. The summed E-state index contributed by atoms with van der Waals surface area (Å²) in [5.41, 5.74) is 1.18. The van der Waals surface area contributed by atoms with Gasteiger partial charge in [0.15, 0.2) is 0 Å². The van der Waals surface area contributed by atoms with Crippen molar-refractivity contribution in [3.63, 3.8) is 0 Å². The van der Waals surface area contributed by atoms with Crippen LogP contribution in [0, 0.1) is 0 Å². The van der Waals surface area contributed by atoms with Crippen LogP contribution in [0.2, 0.25) is 0 Å². The molecule has 1 rings (SSSR count). The average molecular weight is 238 g/mol. The molecule has 0 fully saturated rings. The van der Waals surface area contributed by atoms with Crippen LogP contribution in [0.4, 0.5) is 0 Å². The van der Waals surface area contributed by atoms with Crippen molar-refractivity contribution in [2.75, 3.05) is 5.88 Å². The summed E-state index contributed by atoms with van der Waals surface area (Å²) in [5, 5.41) is 4.16. The number of halogens is 2. The number of rotatable bonds is 3. The van der Waals surface area contributed by atoms with E-state index in [1.807, 2.05) is 10.9 Å². The molecule has 0 aliphatic rings. The number of hydrogen-bond acceptors (Lipinski definition) is 1. The molecule has 0 spiro atoms. The molecule has 1 heterocycles. The second-order valence-corrected chi connectivity index (χ2v) is 3.43. The molecule has 1 aromatic rings. The highest BCUT2D eigenvalue weighted by Gasteiger charge is 2.05. The predicted octanol–water partition coefficient (Wildman–Crippen LogP) is 2.45. The molecule has 4 heteroatoms. The number of hydrogen-bond donors (Lipinski definition) is 0. The quantitative estimate of drug-likeness (QED) is 0.739. The van der Waals surface area contributed by atoms with Gasteiger partial charge in [0.1, 0.15) is 0 Å². The molecular formula is C7H10BrClN2. The SMILES string of the molecule is CCn1ncc(Br)c1CCCl. The molecule has 1 aromatic heterocycles. The van der Waals surface area contributed by atoms with Crippen molar-refractivity contribution < 1.29 is 0 Å². The molecule has 11 heavy (non-hydrogen) atoms. The third-order valence-electron chi connectivity index (χ3n) is 1.53. The second-order valence-electron chi connectivity index (χ2n) is 2.19. The monoisotopic (exact) mass is 236 g/mol. The molecule has 62 valence electrons. The summed E-state index contributed by atoms with van der Waals surface area (Å²) in [5.74, 6) is 0.643. The van der Waals surface area contributed by atoms with Crippen LogP contribution < -0.4 is 0 Å². The van der Waals surface area contributed by atoms with Gasteiger partial charge in [-0.15, -0.1) is 11.6 Å². The molecule has 2 nitrogen and oxygen atoms in total. The van der Waals surface area contributed by atoms with Crippen molar-refractivity contribution in [3.8, 4) is 0 Å². The lowest BCUT2D eigenvalue weighted by molar-refractivity contribution is 0.626. The molecule has 0 saturated carbocycles. The van der Waals surface area contributed by atoms with Gasteiger partial charge in [-0.1, -0.05) is 0 Å². The standard InChI is InChI=1S/C7H10BrClN2/c1-2-11-7(3-4-9)6(8)5-10-11/h5H,2-4H2,1H3. The number of aryl methyl sites for hydroxylation is 1. The van der Waals surface area contributed by atoms with E-state index in [2.05, 4.69) is 28.0 Å². The number of nitrogens with zero attached hydrogens (tertiary/aromatic N) is 2. The van der Waals surface area contributed by atoms with Crippen molar-refractivity contribution in [1.29, 1.82) is 0 Å². The molecule has 0 aliphatic heterocycles. The van der Waals surface area contributed by atoms with Crippen LogP contribution in [0.15, 0.2) is 10.7 Å². The van der Waals surface area contributed by atoms with Gasteiger partial charge in [0, 0.05) is 18.8 Å². The van der Waals surface area contributed by atoms with Crippen LogP contribution in [0.5, 0.6) is 0 Å². The van der Waals surface area contributed by atoms with Crippen molar-refractivity contribution >= 4 is 27.5 Å². The number of alkyl halides is 1. The first kappa shape index (κ1) is 9.07.